The van der Waals surface area contributed by atoms with Gasteiger partial charge in [0.05, 0.1) is 0 Å². The first-order valence-corrected chi connectivity index (χ1v) is 5.93. The normalized spacial score (nSPS) is 19.5. The number of nitrogens with zero attached hydrogens (tertiary/aromatic N) is 1. The first-order valence-electron chi connectivity index (χ1n) is 5.93. The monoisotopic (exact) mass is 207 g/mol. The Balaban J connectivity index is 1.64. The standard InChI is InChI=1S/C12H21N3/c1-11(15-7-2-3-8-15)9-13-10-12-5-4-6-14-12/h4-6,11,13-14H,2-3,7-10H2,1H3. The molecule has 0 spiro atoms. The van der Waals surface area contributed by atoms with Gasteiger partial charge >= 0.3 is 0 Å². The van der Waals surface area contributed by atoms with Gasteiger partial charge in [-0.05, 0) is 45.0 Å². The van der Waals surface area contributed by atoms with Crippen LogP contribution < -0.4 is 5.32 Å². The highest BCUT2D eigenvalue weighted by molar-refractivity contribution is 5.02. The van der Waals surface area contributed by atoms with Crippen molar-refractivity contribution in [2.75, 3.05) is 19.6 Å². The van der Waals surface area contributed by atoms with E-state index in [0.717, 1.165) is 13.1 Å². The van der Waals surface area contributed by atoms with Crippen LogP contribution in [0.15, 0.2) is 18.3 Å². The minimum Gasteiger partial charge on any atom is -0.364 e. The lowest BCUT2D eigenvalue weighted by Gasteiger charge is -2.23. The lowest BCUT2D eigenvalue weighted by Crippen LogP contribution is -2.38. The second-order valence-electron chi connectivity index (χ2n) is 4.42. The van der Waals surface area contributed by atoms with Crippen molar-refractivity contribution in [3.63, 3.8) is 0 Å². The van der Waals surface area contributed by atoms with Crippen LogP contribution in [0.25, 0.3) is 0 Å². The molecule has 0 aromatic carbocycles. The molecule has 1 aliphatic heterocycles. The molecule has 0 amide bonds. The number of H-pyrrole nitrogens is 1. The van der Waals surface area contributed by atoms with Crippen LogP contribution in [0.5, 0.6) is 0 Å². The van der Waals surface area contributed by atoms with Crippen molar-refractivity contribution >= 4 is 0 Å². The molecule has 1 aromatic heterocycles. The third-order valence-corrected chi connectivity index (χ3v) is 3.18. The van der Waals surface area contributed by atoms with Crippen LogP contribution in [0, 0.1) is 0 Å². The summed E-state index contributed by atoms with van der Waals surface area (Å²) in [7, 11) is 0. The van der Waals surface area contributed by atoms with E-state index in [2.05, 4.69) is 28.2 Å². The lowest BCUT2D eigenvalue weighted by atomic mass is 10.3. The molecule has 84 valence electrons. The van der Waals surface area contributed by atoms with Gasteiger partial charge in [0.2, 0.25) is 0 Å². The van der Waals surface area contributed by atoms with Gasteiger partial charge in [0.1, 0.15) is 0 Å². The number of hydrogen-bond acceptors (Lipinski definition) is 2. The zero-order valence-corrected chi connectivity index (χ0v) is 9.50. The molecule has 1 aliphatic rings. The van der Waals surface area contributed by atoms with Crippen molar-refractivity contribution in [1.29, 1.82) is 0 Å². The van der Waals surface area contributed by atoms with Gasteiger partial charge in [-0.1, -0.05) is 0 Å². The van der Waals surface area contributed by atoms with E-state index in [-0.39, 0.29) is 0 Å². The third-order valence-electron chi connectivity index (χ3n) is 3.18. The maximum Gasteiger partial charge on any atom is 0.0357 e. The van der Waals surface area contributed by atoms with Crippen molar-refractivity contribution < 1.29 is 0 Å². The summed E-state index contributed by atoms with van der Waals surface area (Å²) in [5.41, 5.74) is 1.27. The minimum absolute atomic E-state index is 0.669. The summed E-state index contributed by atoms with van der Waals surface area (Å²) < 4.78 is 0. The molecule has 2 heterocycles. The molecule has 1 atom stereocenters. The van der Waals surface area contributed by atoms with Gasteiger partial charge in [-0.25, -0.2) is 0 Å². The van der Waals surface area contributed by atoms with Crippen LogP contribution in [0.4, 0.5) is 0 Å². The van der Waals surface area contributed by atoms with Gasteiger partial charge in [-0.2, -0.15) is 0 Å². The highest BCUT2D eigenvalue weighted by Crippen LogP contribution is 2.10. The van der Waals surface area contributed by atoms with Crippen molar-refractivity contribution in [2.45, 2.75) is 32.4 Å². The van der Waals surface area contributed by atoms with Gasteiger partial charge in [0, 0.05) is 31.0 Å². The topological polar surface area (TPSA) is 31.1 Å². The largest absolute Gasteiger partial charge is 0.364 e. The van der Waals surface area contributed by atoms with E-state index >= 15 is 0 Å². The van der Waals surface area contributed by atoms with Crippen LogP contribution in [-0.2, 0) is 6.54 Å². The summed E-state index contributed by atoms with van der Waals surface area (Å²) in [6.07, 6.45) is 4.73. The fraction of sp³-hybridized carbons (Fsp3) is 0.667. The Morgan fingerprint density at radius 1 is 1.47 bits per heavy atom. The molecule has 2 N–H and O–H groups in total. The molecule has 3 heteroatoms. The summed E-state index contributed by atoms with van der Waals surface area (Å²) in [6.45, 7) is 6.91. The van der Waals surface area contributed by atoms with Crippen LogP contribution in [0.1, 0.15) is 25.5 Å². The molecule has 0 aliphatic carbocycles. The zero-order chi connectivity index (χ0) is 10.5. The van der Waals surface area contributed by atoms with Crippen LogP contribution >= 0.6 is 0 Å². The molecule has 0 saturated carbocycles. The summed E-state index contributed by atoms with van der Waals surface area (Å²) in [4.78, 5) is 5.78. The smallest absolute Gasteiger partial charge is 0.0357 e. The molecule has 3 nitrogen and oxygen atoms in total. The van der Waals surface area contributed by atoms with E-state index in [4.69, 9.17) is 0 Å². The quantitative estimate of drug-likeness (QED) is 0.768. The van der Waals surface area contributed by atoms with Crippen molar-refractivity contribution in [1.82, 2.24) is 15.2 Å². The van der Waals surface area contributed by atoms with Crippen LogP contribution in [-0.4, -0.2) is 35.6 Å². The molecular weight excluding hydrogens is 186 g/mol. The van der Waals surface area contributed by atoms with Crippen LogP contribution in [0.3, 0.4) is 0 Å². The molecule has 0 radical (unpaired) electrons. The molecule has 2 rings (SSSR count). The van der Waals surface area contributed by atoms with E-state index in [0.29, 0.717) is 6.04 Å². The van der Waals surface area contributed by atoms with Crippen molar-refractivity contribution in [2.24, 2.45) is 0 Å². The molecule has 0 bridgehead atoms. The fourth-order valence-electron chi connectivity index (χ4n) is 2.20. The summed E-state index contributed by atoms with van der Waals surface area (Å²) in [6, 6.07) is 4.83. The van der Waals surface area contributed by atoms with Gasteiger partial charge in [0.25, 0.3) is 0 Å². The van der Waals surface area contributed by atoms with Crippen LogP contribution in [0.2, 0.25) is 0 Å². The van der Waals surface area contributed by atoms with Gasteiger partial charge in [-0.3, -0.25) is 4.90 Å². The number of nitrogens with one attached hydrogen (secondary N) is 2. The number of aromatic nitrogens is 1. The summed E-state index contributed by atoms with van der Waals surface area (Å²) in [5.74, 6) is 0. The molecule has 15 heavy (non-hydrogen) atoms. The first kappa shape index (κ1) is 10.7. The average Bonchev–Trinajstić information content (AvgIpc) is 2.90. The summed E-state index contributed by atoms with van der Waals surface area (Å²) >= 11 is 0. The fourth-order valence-corrected chi connectivity index (χ4v) is 2.20. The Kier molecular flexibility index (Phi) is 3.80. The Hall–Kier alpha value is -0.800. The average molecular weight is 207 g/mol. The minimum atomic E-state index is 0.669. The van der Waals surface area contributed by atoms with Gasteiger partial charge in [0.15, 0.2) is 0 Å². The molecule has 1 fully saturated rings. The molecular formula is C12H21N3. The maximum absolute atomic E-state index is 3.49. The second kappa shape index (κ2) is 5.33. The number of aromatic amines is 1. The zero-order valence-electron chi connectivity index (χ0n) is 9.50. The van der Waals surface area contributed by atoms with Crippen molar-refractivity contribution in [3.8, 4) is 0 Å². The SMILES string of the molecule is CC(CNCc1ccc[nH]1)N1CCCC1. The Labute approximate surface area is 91.9 Å². The molecule has 1 saturated heterocycles. The number of hydrogen-bond donors (Lipinski definition) is 2. The van der Waals surface area contributed by atoms with E-state index < -0.39 is 0 Å². The Morgan fingerprint density at radius 3 is 2.93 bits per heavy atom. The number of rotatable bonds is 5. The lowest BCUT2D eigenvalue weighted by molar-refractivity contribution is 0.251. The highest BCUT2D eigenvalue weighted by atomic mass is 15.2. The Bertz CT molecular complexity index is 262. The summed E-state index contributed by atoms with van der Waals surface area (Å²) in [5, 5.41) is 3.49. The second-order valence-corrected chi connectivity index (χ2v) is 4.42. The van der Waals surface area contributed by atoms with Gasteiger partial charge in [-0.15, -0.1) is 0 Å². The number of likely N-dealkylation sites (tertiary alicyclic amines) is 1. The van der Waals surface area contributed by atoms with E-state index in [9.17, 15) is 0 Å². The molecule has 1 aromatic rings. The van der Waals surface area contributed by atoms with Crippen molar-refractivity contribution in [3.05, 3.63) is 24.0 Å². The Morgan fingerprint density at radius 2 is 2.27 bits per heavy atom. The first-order chi connectivity index (χ1) is 7.36. The van der Waals surface area contributed by atoms with E-state index in [1.54, 1.807) is 0 Å². The van der Waals surface area contributed by atoms with E-state index in [1.807, 2.05) is 12.3 Å². The maximum atomic E-state index is 3.49. The molecule has 1 unspecified atom stereocenters. The third kappa shape index (κ3) is 3.08. The highest BCUT2D eigenvalue weighted by Gasteiger charge is 2.17. The predicted molar refractivity (Wildman–Crippen MR) is 62.8 cm³/mol. The van der Waals surface area contributed by atoms with E-state index in [1.165, 1.54) is 31.6 Å². The van der Waals surface area contributed by atoms with Gasteiger partial charge < -0.3 is 10.3 Å². The predicted octanol–water partition coefficient (Wildman–Crippen LogP) is 1.59.